The van der Waals surface area contributed by atoms with Gasteiger partial charge in [0.1, 0.15) is 12.4 Å². The van der Waals surface area contributed by atoms with Crippen molar-refractivity contribution < 1.29 is 27.1 Å². The van der Waals surface area contributed by atoms with Gasteiger partial charge in [0.15, 0.2) is 11.5 Å². The van der Waals surface area contributed by atoms with E-state index in [1.165, 1.54) is 24.4 Å². The first-order valence-corrected chi connectivity index (χ1v) is 10.5. The zero-order valence-corrected chi connectivity index (χ0v) is 17.0. The molecule has 28 heavy (non-hydrogen) atoms. The molecule has 0 fully saturated rings. The van der Waals surface area contributed by atoms with Crippen LogP contribution in [0.5, 0.6) is 11.5 Å². The SMILES string of the molecule is CS(=O)(=O)N(CC(=O)N/N=C\c1cc2c(cc1Br)OCO2)c1cccc(F)c1. The van der Waals surface area contributed by atoms with Crippen molar-refractivity contribution in [3.8, 4) is 11.5 Å². The van der Waals surface area contributed by atoms with Crippen LogP contribution in [-0.2, 0) is 14.8 Å². The van der Waals surface area contributed by atoms with Crippen molar-refractivity contribution in [2.75, 3.05) is 23.9 Å². The predicted octanol–water partition coefficient (Wildman–Crippen LogP) is 2.23. The minimum Gasteiger partial charge on any atom is -0.454 e. The van der Waals surface area contributed by atoms with E-state index in [9.17, 15) is 17.6 Å². The molecule has 0 spiro atoms. The van der Waals surface area contributed by atoms with Gasteiger partial charge in [0, 0.05) is 10.0 Å². The van der Waals surface area contributed by atoms with Crippen LogP contribution in [0.25, 0.3) is 0 Å². The predicted molar refractivity (Wildman–Crippen MR) is 105 cm³/mol. The van der Waals surface area contributed by atoms with Gasteiger partial charge < -0.3 is 9.47 Å². The van der Waals surface area contributed by atoms with E-state index in [-0.39, 0.29) is 12.5 Å². The van der Waals surface area contributed by atoms with E-state index in [0.717, 1.165) is 16.6 Å². The molecule has 1 N–H and O–H groups in total. The first-order valence-electron chi connectivity index (χ1n) is 7.88. The lowest BCUT2D eigenvalue weighted by atomic mass is 10.2. The zero-order chi connectivity index (χ0) is 20.3. The summed E-state index contributed by atoms with van der Waals surface area (Å²) in [5.74, 6) is -0.169. The summed E-state index contributed by atoms with van der Waals surface area (Å²) in [6, 6.07) is 8.35. The number of nitrogens with one attached hydrogen (secondary N) is 1. The number of hydrazone groups is 1. The zero-order valence-electron chi connectivity index (χ0n) is 14.6. The van der Waals surface area contributed by atoms with Gasteiger partial charge in [-0.2, -0.15) is 5.10 Å². The van der Waals surface area contributed by atoms with E-state index < -0.39 is 28.3 Å². The number of amides is 1. The smallest absolute Gasteiger partial charge is 0.260 e. The molecule has 0 unspecified atom stereocenters. The van der Waals surface area contributed by atoms with Crippen LogP contribution < -0.4 is 19.2 Å². The first kappa shape index (κ1) is 20.1. The topological polar surface area (TPSA) is 97.3 Å². The summed E-state index contributed by atoms with van der Waals surface area (Å²) in [5.41, 5.74) is 2.91. The van der Waals surface area contributed by atoms with Gasteiger partial charge in [-0.3, -0.25) is 9.10 Å². The number of hydrogen-bond acceptors (Lipinski definition) is 6. The molecule has 148 valence electrons. The second-order valence-corrected chi connectivity index (χ2v) is 8.53. The molecule has 0 saturated carbocycles. The fourth-order valence-corrected chi connectivity index (χ4v) is 3.68. The lowest BCUT2D eigenvalue weighted by Gasteiger charge is -2.21. The van der Waals surface area contributed by atoms with Gasteiger partial charge in [-0.1, -0.05) is 6.07 Å². The summed E-state index contributed by atoms with van der Waals surface area (Å²) < 4.78 is 49.4. The Kier molecular flexibility index (Phi) is 5.84. The van der Waals surface area contributed by atoms with Crippen molar-refractivity contribution in [3.05, 3.63) is 52.3 Å². The Hall–Kier alpha value is -2.66. The molecule has 11 heteroatoms. The largest absolute Gasteiger partial charge is 0.454 e. The fourth-order valence-electron chi connectivity index (χ4n) is 2.40. The molecular weight excluding hydrogens is 457 g/mol. The molecular formula is C17H15BrFN3O5S. The number of halogens is 2. The first-order chi connectivity index (χ1) is 13.2. The van der Waals surface area contributed by atoms with Crippen LogP contribution >= 0.6 is 15.9 Å². The number of anilines is 1. The summed E-state index contributed by atoms with van der Waals surface area (Å²) in [7, 11) is -3.80. The Bertz CT molecular complexity index is 1050. The number of fused-ring (bicyclic) bond motifs is 1. The molecule has 2 aromatic rings. The lowest BCUT2D eigenvalue weighted by Crippen LogP contribution is -2.39. The van der Waals surface area contributed by atoms with Gasteiger partial charge in [-0.25, -0.2) is 18.2 Å². The second kappa shape index (κ2) is 8.15. The summed E-state index contributed by atoms with van der Waals surface area (Å²) in [6.45, 7) is -0.428. The molecule has 0 aromatic heterocycles. The van der Waals surface area contributed by atoms with Crippen LogP contribution in [0.15, 0.2) is 46.0 Å². The molecule has 0 bridgehead atoms. The summed E-state index contributed by atoms with van der Waals surface area (Å²) in [6.07, 6.45) is 2.30. The highest BCUT2D eigenvalue weighted by molar-refractivity contribution is 9.10. The molecule has 2 aromatic carbocycles. The number of sulfonamides is 1. The highest BCUT2D eigenvalue weighted by Gasteiger charge is 2.21. The minimum atomic E-state index is -3.80. The summed E-state index contributed by atoms with van der Waals surface area (Å²) in [4.78, 5) is 12.1. The summed E-state index contributed by atoms with van der Waals surface area (Å²) in [5, 5.41) is 3.83. The molecule has 1 amide bonds. The number of rotatable bonds is 6. The van der Waals surface area contributed by atoms with E-state index >= 15 is 0 Å². The molecule has 0 aliphatic carbocycles. The van der Waals surface area contributed by atoms with Gasteiger partial charge >= 0.3 is 0 Å². The van der Waals surface area contributed by atoms with Gasteiger partial charge in [0.25, 0.3) is 5.91 Å². The van der Waals surface area contributed by atoms with Crippen molar-refractivity contribution in [1.29, 1.82) is 0 Å². The number of hydrogen-bond donors (Lipinski definition) is 1. The molecule has 1 heterocycles. The number of ether oxygens (including phenoxy) is 2. The Morgan fingerprint density at radius 1 is 1.32 bits per heavy atom. The molecule has 1 aliphatic heterocycles. The fraction of sp³-hybridized carbons (Fsp3) is 0.176. The van der Waals surface area contributed by atoms with E-state index in [2.05, 4.69) is 26.5 Å². The normalized spacial score (nSPS) is 13.0. The molecule has 0 saturated heterocycles. The van der Waals surface area contributed by atoms with Crippen LogP contribution in [-0.4, -0.2) is 40.1 Å². The van der Waals surface area contributed by atoms with Gasteiger partial charge in [0.05, 0.1) is 18.2 Å². The third-order valence-corrected chi connectivity index (χ3v) is 5.50. The van der Waals surface area contributed by atoms with E-state index in [4.69, 9.17) is 9.47 Å². The molecule has 0 radical (unpaired) electrons. The number of benzene rings is 2. The van der Waals surface area contributed by atoms with Crippen LogP contribution in [0, 0.1) is 5.82 Å². The Balaban J connectivity index is 1.69. The molecule has 1 aliphatic rings. The van der Waals surface area contributed by atoms with Crippen LogP contribution in [0.4, 0.5) is 10.1 Å². The Labute approximate surface area is 169 Å². The third kappa shape index (κ3) is 4.78. The summed E-state index contributed by atoms with van der Waals surface area (Å²) >= 11 is 3.36. The molecule has 0 atom stereocenters. The van der Waals surface area contributed by atoms with Gasteiger partial charge in [0.2, 0.25) is 16.8 Å². The number of carbonyl (C=O) groups is 1. The van der Waals surface area contributed by atoms with Crippen molar-refractivity contribution in [2.45, 2.75) is 0 Å². The standard InChI is InChI=1S/C17H15BrFN3O5S/c1-28(24,25)22(13-4-2-3-12(19)6-13)9-17(23)21-20-8-11-5-15-16(7-14(11)18)27-10-26-15/h2-8H,9-10H2,1H3,(H,21,23)/b20-8-. The van der Waals surface area contributed by atoms with Crippen LogP contribution in [0.3, 0.4) is 0 Å². The third-order valence-electron chi connectivity index (χ3n) is 3.67. The van der Waals surface area contributed by atoms with Crippen LogP contribution in [0.1, 0.15) is 5.56 Å². The maximum Gasteiger partial charge on any atom is 0.260 e. The Morgan fingerprint density at radius 2 is 2.04 bits per heavy atom. The monoisotopic (exact) mass is 471 g/mol. The molecule has 3 rings (SSSR count). The minimum absolute atomic E-state index is 0.0418. The lowest BCUT2D eigenvalue weighted by molar-refractivity contribution is -0.119. The van der Waals surface area contributed by atoms with Crippen molar-refractivity contribution in [1.82, 2.24) is 5.43 Å². The maximum absolute atomic E-state index is 13.4. The van der Waals surface area contributed by atoms with Crippen LogP contribution in [0.2, 0.25) is 0 Å². The highest BCUT2D eigenvalue weighted by atomic mass is 79.9. The van der Waals surface area contributed by atoms with Crippen molar-refractivity contribution in [2.24, 2.45) is 5.10 Å². The number of nitrogens with zero attached hydrogens (tertiary/aromatic N) is 2. The van der Waals surface area contributed by atoms with E-state index in [1.54, 1.807) is 12.1 Å². The van der Waals surface area contributed by atoms with Gasteiger partial charge in [-0.15, -0.1) is 0 Å². The average molecular weight is 472 g/mol. The number of carbonyl (C=O) groups excluding carboxylic acids is 1. The van der Waals surface area contributed by atoms with E-state index in [0.29, 0.717) is 21.5 Å². The quantitative estimate of drug-likeness (QED) is 0.514. The second-order valence-electron chi connectivity index (χ2n) is 5.77. The average Bonchev–Trinajstić information content (AvgIpc) is 3.06. The van der Waals surface area contributed by atoms with E-state index in [1.807, 2.05) is 0 Å². The van der Waals surface area contributed by atoms with Crippen molar-refractivity contribution in [3.63, 3.8) is 0 Å². The highest BCUT2D eigenvalue weighted by Crippen LogP contribution is 2.36. The van der Waals surface area contributed by atoms with Gasteiger partial charge in [-0.05, 0) is 46.3 Å². The molecule has 8 nitrogen and oxygen atoms in total. The maximum atomic E-state index is 13.4. The Morgan fingerprint density at radius 3 is 2.71 bits per heavy atom. The van der Waals surface area contributed by atoms with Crippen molar-refractivity contribution >= 4 is 43.8 Å².